The van der Waals surface area contributed by atoms with E-state index in [4.69, 9.17) is 0 Å². The van der Waals surface area contributed by atoms with E-state index < -0.39 is 0 Å². The molecule has 0 fully saturated rings. The molecule has 6 heteroatoms. The molecular formula is C18H15N5O. The molecule has 2 aromatic heterocycles. The topological polar surface area (TPSA) is 72.7 Å². The van der Waals surface area contributed by atoms with Gasteiger partial charge in [0.05, 0.1) is 16.7 Å². The Bertz CT molecular complexity index is 1050. The fourth-order valence-corrected chi connectivity index (χ4v) is 2.75. The number of aromatic nitrogens is 4. The Balaban J connectivity index is 1.68. The van der Waals surface area contributed by atoms with Gasteiger partial charge in [0.15, 0.2) is 0 Å². The van der Waals surface area contributed by atoms with E-state index in [1.165, 1.54) is 0 Å². The van der Waals surface area contributed by atoms with Gasteiger partial charge >= 0.3 is 0 Å². The zero-order valence-corrected chi connectivity index (χ0v) is 13.1. The third-order valence-corrected chi connectivity index (χ3v) is 3.97. The number of amides is 1. The molecule has 0 atom stereocenters. The molecule has 1 amide bonds. The summed E-state index contributed by atoms with van der Waals surface area (Å²) in [6, 6.07) is 14.9. The first-order chi connectivity index (χ1) is 11.8. The maximum absolute atomic E-state index is 12.6. The summed E-state index contributed by atoms with van der Waals surface area (Å²) in [6.45, 7) is 2.74. The van der Waals surface area contributed by atoms with Crippen molar-refractivity contribution >= 4 is 33.5 Å². The molecule has 0 unspecified atom stereocenters. The Hall–Kier alpha value is -3.28. The van der Waals surface area contributed by atoms with Crippen molar-refractivity contribution in [1.29, 1.82) is 0 Å². The van der Waals surface area contributed by atoms with Crippen molar-refractivity contribution in [3.05, 3.63) is 60.3 Å². The van der Waals surface area contributed by atoms with Crippen LogP contribution in [0.3, 0.4) is 0 Å². The summed E-state index contributed by atoms with van der Waals surface area (Å²) < 4.78 is 1.80. The molecule has 2 aromatic carbocycles. The van der Waals surface area contributed by atoms with E-state index in [2.05, 4.69) is 20.6 Å². The first-order valence-corrected chi connectivity index (χ1v) is 7.74. The van der Waals surface area contributed by atoms with E-state index in [-0.39, 0.29) is 5.91 Å². The lowest BCUT2D eigenvalue weighted by atomic mass is 10.1. The van der Waals surface area contributed by atoms with E-state index in [0.29, 0.717) is 11.1 Å². The highest BCUT2D eigenvalue weighted by molar-refractivity contribution is 6.09. The van der Waals surface area contributed by atoms with Gasteiger partial charge in [-0.2, -0.15) is 0 Å². The van der Waals surface area contributed by atoms with Crippen LogP contribution >= 0.6 is 0 Å². The quantitative estimate of drug-likeness (QED) is 0.629. The lowest BCUT2D eigenvalue weighted by molar-refractivity contribution is 0.102. The number of benzene rings is 2. The van der Waals surface area contributed by atoms with E-state index >= 15 is 0 Å². The van der Waals surface area contributed by atoms with Crippen LogP contribution in [-0.4, -0.2) is 25.9 Å². The largest absolute Gasteiger partial charge is 0.321 e. The maximum Gasteiger partial charge on any atom is 0.255 e. The standard InChI is InChI=1S/C18H15N5O/c1-2-23-17-9-8-12(11-16(17)21-22-23)18(24)20-15-7-3-6-14-13(15)5-4-10-19-14/h3-11H,2H2,1H3,(H,20,24). The Morgan fingerprint density at radius 1 is 1.12 bits per heavy atom. The Kier molecular flexibility index (Phi) is 3.42. The summed E-state index contributed by atoms with van der Waals surface area (Å²) >= 11 is 0. The molecule has 0 saturated carbocycles. The third kappa shape index (κ3) is 2.38. The predicted octanol–water partition coefficient (Wildman–Crippen LogP) is 3.25. The number of hydrogen-bond donors (Lipinski definition) is 1. The second kappa shape index (κ2) is 5.73. The maximum atomic E-state index is 12.6. The van der Waals surface area contributed by atoms with Crippen LogP contribution in [0, 0.1) is 0 Å². The number of anilines is 1. The summed E-state index contributed by atoms with van der Waals surface area (Å²) in [4.78, 5) is 16.9. The number of pyridine rings is 1. The fourth-order valence-electron chi connectivity index (χ4n) is 2.75. The summed E-state index contributed by atoms with van der Waals surface area (Å²) in [5.74, 6) is -0.181. The second-order valence-electron chi connectivity index (χ2n) is 5.44. The molecule has 0 spiro atoms. The number of nitrogens with one attached hydrogen (secondary N) is 1. The van der Waals surface area contributed by atoms with Gasteiger partial charge in [0.2, 0.25) is 0 Å². The van der Waals surface area contributed by atoms with Gasteiger partial charge in [-0.1, -0.05) is 11.3 Å². The lowest BCUT2D eigenvalue weighted by Gasteiger charge is -2.08. The van der Waals surface area contributed by atoms with Gasteiger partial charge in [-0.05, 0) is 49.4 Å². The normalized spacial score (nSPS) is 11.0. The predicted molar refractivity (Wildman–Crippen MR) is 92.9 cm³/mol. The zero-order chi connectivity index (χ0) is 16.5. The molecule has 0 aliphatic heterocycles. The summed E-state index contributed by atoms with van der Waals surface area (Å²) in [7, 11) is 0. The molecule has 1 N–H and O–H groups in total. The van der Waals surface area contributed by atoms with Crippen molar-refractivity contribution in [1.82, 2.24) is 20.0 Å². The highest BCUT2D eigenvalue weighted by Crippen LogP contribution is 2.22. The number of hydrogen-bond acceptors (Lipinski definition) is 4. The highest BCUT2D eigenvalue weighted by atomic mass is 16.1. The molecule has 0 radical (unpaired) electrons. The number of carbonyl (C=O) groups is 1. The van der Waals surface area contributed by atoms with Crippen molar-refractivity contribution in [2.75, 3.05) is 5.32 Å². The van der Waals surface area contributed by atoms with Crippen LogP contribution < -0.4 is 5.32 Å². The smallest absolute Gasteiger partial charge is 0.255 e. The van der Waals surface area contributed by atoms with Crippen molar-refractivity contribution in [3.8, 4) is 0 Å². The van der Waals surface area contributed by atoms with Crippen LogP contribution in [0.5, 0.6) is 0 Å². The monoisotopic (exact) mass is 317 g/mol. The number of aryl methyl sites for hydroxylation is 1. The van der Waals surface area contributed by atoms with Crippen molar-refractivity contribution < 1.29 is 4.79 Å². The average molecular weight is 317 g/mol. The minimum atomic E-state index is -0.181. The van der Waals surface area contributed by atoms with Crippen LogP contribution in [0.2, 0.25) is 0 Å². The van der Waals surface area contributed by atoms with Crippen LogP contribution in [-0.2, 0) is 6.54 Å². The van der Waals surface area contributed by atoms with Gasteiger partial charge in [-0.3, -0.25) is 9.78 Å². The Labute approximate surface area is 138 Å². The molecule has 0 aliphatic rings. The van der Waals surface area contributed by atoms with Gasteiger partial charge in [0, 0.05) is 23.7 Å². The SMILES string of the molecule is CCn1nnc2cc(C(=O)Nc3cccc4ncccc34)ccc21. The minimum absolute atomic E-state index is 0.181. The van der Waals surface area contributed by atoms with E-state index in [1.807, 2.05) is 43.3 Å². The van der Waals surface area contributed by atoms with Crippen molar-refractivity contribution in [3.63, 3.8) is 0 Å². The van der Waals surface area contributed by atoms with Gasteiger partial charge in [0.1, 0.15) is 5.52 Å². The number of fused-ring (bicyclic) bond motifs is 2. The molecule has 4 aromatic rings. The molecule has 6 nitrogen and oxygen atoms in total. The first-order valence-electron chi connectivity index (χ1n) is 7.74. The Morgan fingerprint density at radius 2 is 2.04 bits per heavy atom. The van der Waals surface area contributed by atoms with Crippen LogP contribution in [0.15, 0.2) is 54.7 Å². The fraction of sp³-hybridized carbons (Fsp3) is 0.111. The summed E-state index contributed by atoms with van der Waals surface area (Å²) in [5.41, 5.74) is 3.76. The van der Waals surface area contributed by atoms with Gasteiger partial charge in [0.25, 0.3) is 5.91 Å². The molecule has 0 bridgehead atoms. The third-order valence-electron chi connectivity index (χ3n) is 3.97. The molecule has 24 heavy (non-hydrogen) atoms. The minimum Gasteiger partial charge on any atom is -0.321 e. The average Bonchev–Trinajstić information content (AvgIpc) is 3.04. The van der Waals surface area contributed by atoms with Crippen LogP contribution in [0.1, 0.15) is 17.3 Å². The molecule has 118 valence electrons. The second-order valence-corrected chi connectivity index (χ2v) is 5.44. The van der Waals surface area contributed by atoms with Gasteiger partial charge < -0.3 is 5.32 Å². The van der Waals surface area contributed by atoms with Gasteiger partial charge in [-0.15, -0.1) is 5.10 Å². The van der Waals surface area contributed by atoms with Crippen LogP contribution in [0.4, 0.5) is 5.69 Å². The number of rotatable bonds is 3. The molecule has 2 heterocycles. The molecule has 0 aliphatic carbocycles. The lowest BCUT2D eigenvalue weighted by Crippen LogP contribution is -2.12. The van der Waals surface area contributed by atoms with Gasteiger partial charge in [-0.25, -0.2) is 4.68 Å². The Morgan fingerprint density at radius 3 is 2.92 bits per heavy atom. The first kappa shape index (κ1) is 14.3. The molecule has 4 rings (SSSR count). The number of nitrogens with zero attached hydrogens (tertiary/aromatic N) is 4. The molecule has 0 saturated heterocycles. The van der Waals surface area contributed by atoms with E-state index in [0.717, 1.165) is 28.7 Å². The van der Waals surface area contributed by atoms with Crippen molar-refractivity contribution in [2.24, 2.45) is 0 Å². The zero-order valence-electron chi connectivity index (χ0n) is 13.1. The number of carbonyl (C=O) groups excluding carboxylic acids is 1. The summed E-state index contributed by atoms with van der Waals surface area (Å²) in [5, 5.41) is 12.0. The van der Waals surface area contributed by atoms with E-state index in [1.54, 1.807) is 23.0 Å². The molecular weight excluding hydrogens is 302 g/mol. The van der Waals surface area contributed by atoms with Crippen LogP contribution in [0.25, 0.3) is 21.9 Å². The van der Waals surface area contributed by atoms with E-state index in [9.17, 15) is 4.79 Å². The summed E-state index contributed by atoms with van der Waals surface area (Å²) in [6.07, 6.45) is 1.74. The van der Waals surface area contributed by atoms with Crippen molar-refractivity contribution in [2.45, 2.75) is 13.5 Å². The highest BCUT2D eigenvalue weighted by Gasteiger charge is 2.11.